The minimum absolute atomic E-state index is 0.165. The first-order chi connectivity index (χ1) is 8.30. The average Bonchev–Trinajstić information content (AvgIpc) is 2.60. The Hall–Kier alpha value is -1.13. The third-order valence-electron chi connectivity index (χ3n) is 2.94. The van der Waals surface area contributed by atoms with Crippen molar-refractivity contribution in [2.45, 2.75) is 45.4 Å². The molecule has 1 aromatic heterocycles. The fraction of sp³-hybridized carbons (Fsp3) is 0.643. The van der Waals surface area contributed by atoms with Gasteiger partial charge in [0.2, 0.25) is 0 Å². The Morgan fingerprint density at radius 3 is 2.33 bits per heavy atom. The van der Waals surface area contributed by atoms with Crippen LogP contribution in [0.15, 0.2) is 16.5 Å². The van der Waals surface area contributed by atoms with Gasteiger partial charge in [0.1, 0.15) is 5.76 Å². The number of furan rings is 1. The van der Waals surface area contributed by atoms with Gasteiger partial charge < -0.3 is 9.15 Å². The van der Waals surface area contributed by atoms with Gasteiger partial charge in [-0.3, -0.25) is 9.69 Å². The molecule has 0 unspecified atom stereocenters. The molecule has 2 heterocycles. The number of nitrogens with zero attached hydrogens (tertiary/aromatic N) is 1. The first-order valence-corrected chi connectivity index (χ1v) is 6.26. The van der Waals surface area contributed by atoms with Crippen LogP contribution in [0.4, 0.5) is 0 Å². The largest absolute Gasteiger partial charge is 0.457 e. The molecule has 0 bridgehead atoms. The molecule has 0 saturated carbocycles. The Kier molecular flexibility index (Phi) is 3.34. The lowest BCUT2D eigenvalue weighted by molar-refractivity contribution is -0.182. The van der Waals surface area contributed by atoms with Crippen molar-refractivity contribution in [3.05, 3.63) is 23.7 Å². The van der Waals surface area contributed by atoms with Crippen LogP contribution in [-0.2, 0) is 11.3 Å². The first kappa shape index (κ1) is 13.3. The highest BCUT2D eigenvalue weighted by atomic mass is 16.5. The van der Waals surface area contributed by atoms with E-state index >= 15 is 0 Å². The summed E-state index contributed by atoms with van der Waals surface area (Å²) < 4.78 is 11.4. The second-order valence-corrected chi connectivity index (χ2v) is 6.19. The summed E-state index contributed by atoms with van der Waals surface area (Å²) in [5.41, 5.74) is -0.330. The molecule has 0 aliphatic carbocycles. The van der Waals surface area contributed by atoms with E-state index in [4.69, 9.17) is 9.15 Å². The van der Waals surface area contributed by atoms with Crippen molar-refractivity contribution in [1.82, 2.24) is 4.90 Å². The molecular weight excluding hydrogens is 230 g/mol. The van der Waals surface area contributed by atoms with Crippen LogP contribution in [0.5, 0.6) is 0 Å². The van der Waals surface area contributed by atoms with Crippen LogP contribution in [-0.4, -0.2) is 35.5 Å². The molecule has 100 valence electrons. The van der Waals surface area contributed by atoms with E-state index in [-0.39, 0.29) is 11.2 Å². The Morgan fingerprint density at radius 2 is 1.83 bits per heavy atom. The third kappa shape index (κ3) is 3.21. The van der Waals surface area contributed by atoms with E-state index in [1.54, 1.807) is 6.07 Å². The van der Waals surface area contributed by atoms with Gasteiger partial charge in [-0.2, -0.15) is 0 Å². The van der Waals surface area contributed by atoms with Gasteiger partial charge >= 0.3 is 0 Å². The van der Waals surface area contributed by atoms with Gasteiger partial charge in [-0.15, -0.1) is 0 Å². The molecule has 1 saturated heterocycles. The maximum Gasteiger partial charge on any atom is 0.185 e. The number of rotatable bonds is 3. The van der Waals surface area contributed by atoms with Gasteiger partial charge in [0.25, 0.3) is 0 Å². The van der Waals surface area contributed by atoms with Crippen LogP contribution < -0.4 is 0 Å². The number of carbonyl (C=O) groups excluding carboxylic acids is 1. The summed E-state index contributed by atoms with van der Waals surface area (Å²) in [5.74, 6) is 1.21. The predicted octanol–water partition coefficient (Wildman–Crippen LogP) is 2.48. The molecule has 0 amide bonds. The first-order valence-electron chi connectivity index (χ1n) is 6.26. The van der Waals surface area contributed by atoms with Crippen molar-refractivity contribution in [3.8, 4) is 0 Å². The fourth-order valence-electron chi connectivity index (χ4n) is 2.82. The molecule has 0 N–H and O–H groups in total. The lowest BCUT2D eigenvalue weighted by Gasteiger charge is -2.47. The molecule has 1 aliphatic heterocycles. The van der Waals surface area contributed by atoms with Crippen molar-refractivity contribution in [2.24, 2.45) is 0 Å². The summed E-state index contributed by atoms with van der Waals surface area (Å²) in [6, 6.07) is 3.57. The van der Waals surface area contributed by atoms with Crippen molar-refractivity contribution in [3.63, 3.8) is 0 Å². The summed E-state index contributed by atoms with van der Waals surface area (Å²) in [7, 11) is 0. The molecule has 0 atom stereocenters. The second-order valence-electron chi connectivity index (χ2n) is 6.19. The molecule has 18 heavy (non-hydrogen) atoms. The topological polar surface area (TPSA) is 42.7 Å². The second kappa shape index (κ2) is 4.52. The highest BCUT2D eigenvalue weighted by Gasteiger charge is 2.38. The molecular formula is C14H21NO3. The molecule has 4 nitrogen and oxygen atoms in total. The number of hydrogen-bond donors (Lipinski definition) is 0. The van der Waals surface area contributed by atoms with Crippen molar-refractivity contribution >= 4 is 6.29 Å². The van der Waals surface area contributed by atoms with Crippen LogP contribution in [0.1, 0.15) is 44.0 Å². The molecule has 0 radical (unpaired) electrons. The van der Waals surface area contributed by atoms with E-state index in [9.17, 15) is 4.79 Å². The van der Waals surface area contributed by atoms with Gasteiger partial charge in [0, 0.05) is 13.1 Å². The normalized spacial score (nSPS) is 22.9. The van der Waals surface area contributed by atoms with Crippen LogP contribution in [0.25, 0.3) is 0 Å². The number of morpholine rings is 1. The van der Waals surface area contributed by atoms with Crippen molar-refractivity contribution < 1.29 is 13.9 Å². The summed E-state index contributed by atoms with van der Waals surface area (Å²) in [5, 5.41) is 0. The number of aldehydes is 1. The Labute approximate surface area is 108 Å². The van der Waals surface area contributed by atoms with Crippen molar-refractivity contribution in [2.75, 3.05) is 13.1 Å². The van der Waals surface area contributed by atoms with E-state index in [0.717, 1.165) is 25.1 Å². The van der Waals surface area contributed by atoms with E-state index in [0.29, 0.717) is 12.3 Å². The van der Waals surface area contributed by atoms with Gasteiger partial charge in [0.05, 0.1) is 17.7 Å². The lowest BCUT2D eigenvalue weighted by Crippen LogP contribution is -2.56. The van der Waals surface area contributed by atoms with Gasteiger partial charge in [-0.1, -0.05) is 0 Å². The Balaban J connectivity index is 2.06. The van der Waals surface area contributed by atoms with Gasteiger partial charge in [0.15, 0.2) is 12.0 Å². The standard InChI is InChI=1S/C14H21NO3/c1-13(2)9-15(10-14(3,4)18-13)7-11-5-6-12(8-16)17-11/h5-6,8H,7,9-10H2,1-4H3. The minimum atomic E-state index is -0.165. The molecule has 0 aromatic carbocycles. The molecule has 1 aromatic rings. The summed E-state index contributed by atoms with van der Waals surface area (Å²) in [6.07, 6.45) is 0.733. The SMILES string of the molecule is CC1(C)CN(Cc2ccc(C=O)o2)CC(C)(C)O1. The highest BCUT2D eigenvalue weighted by molar-refractivity contribution is 5.70. The maximum atomic E-state index is 10.6. The molecule has 0 spiro atoms. The zero-order valence-electron chi connectivity index (χ0n) is 11.5. The highest BCUT2D eigenvalue weighted by Crippen LogP contribution is 2.29. The van der Waals surface area contributed by atoms with Crippen molar-refractivity contribution in [1.29, 1.82) is 0 Å². The van der Waals surface area contributed by atoms with Crippen LogP contribution in [0.2, 0.25) is 0 Å². The quantitative estimate of drug-likeness (QED) is 0.774. The van der Waals surface area contributed by atoms with Crippen LogP contribution >= 0.6 is 0 Å². The Morgan fingerprint density at radius 1 is 1.22 bits per heavy atom. The van der Waals surface area contributed by atoms with E-state index in [1.807, 2.05) is 6.07 Å². The van der Waals surface area contributed by atoms with Gasteiger partial charge in [-0.05, 0) is 39.8 Å². The zero-order chi connectivity index (χ0) is 13.4. The van der Waals surface area contributed by atoms with E-state index < -0.39 is 0 Å². The number of hydrogen-bond acceptors (Lipinski definition) is 4. The monoisotopic (exact) mass is 251 g/mol. The minimum Gasteiger partial charge on any atom is -0.457 e. The van der Waals surface area contributed by atoms with E-state index in [2.05, 4.69) is 32.6 Å². The summed E-state index contributed by atoms with van der Waals surface area (Å²) >= 11 is 0. The maximum absolute atomic E-state index is 10.6. The summed E-state index contributed by atoms with van der Waals surface area (Å²) in [6.45, 7) is 10.8. The number of ether oxygens (including phenoxy) is 1. The third-order valence-corrected chi connectivity index (χ3v) is 2.94. The smallest absolute Gasteiger partial charge is 0.185 e. The Bertz CT molecular complexity index is 418. The molecule has 1 aliphatic rings. The fourth-order valence-corrected chi connectivity index (χ4v) is 2.82. The average molecular weight is 251 g/mol. The number of carbonyl (C=O) groups is 1. The molecule has 4 heteroatoms. The van der Waals surface area contributed by atoms with Crippen LogP contribution in [0.3, 0.4) is 0 Å². The lowest BCUT2D eigenvalue weighted by atomic mass is 9.99. The van der Waals surface area contributed by atoms with Crippen LogP contribution in [0, 0.1) is 0 Å². The summed E-state index contributed by atoms with van der Waals surface area (Å²) in [4.78, 5) is 12.9. The predicted molar refractivity (Wildman–Crippen MR) is 68.6 cm³/mol. The zero-order valence-corrected chi connectivity index (χ0v) is 11.5. The van der Waals surface area contributed by atoms with E-state index in [1.165, 1.54) is 0 Å². The van der Waals surface area contributed by atoms with Gasteiger partial charge in [-0.25, -0.2) is 0 Å². The molecule has 2 rings (SSSR count). The molecule has 1 fully saturated rings.